The summed E-state index contributed by atoms with van der Waals surface area (Å²) >= 11 is 0. The van der Waals surface area contributed by atoms with Gasteiger partial charge < -0.3 is 18.9 Å². The number of amides is 2. The lowest BCUT2D eigenvalue weighted by atomic mass is 10.2. The molecule has 8 nitrogen and oxygen atoms in total. The van der Waals surface area contributed by atoms with Crippen molar-refractivity contribution < 1.29 is 28.5 Å². The summed E-state index contributed by atoms with van der Waals surface area (Å²) in [6.45, 7) is -0.210. The van der Waals surface area contributed by atoms with Crippen molar-refractivity contribution in [3.8, 4) is 17.2 Å². The molecule has 0 saturated carbocycles. The van der Waals surface area contributed by atoms with E-state index in [4.69, 9.17) is 18.9 Å². The van der Waals surface area contributed by atoms with E-state index in [0.29, 0.717) is 17.2 Å². The Bertz CT molecular complexity index is 733. The average molecular weight is 360 g/mol. The zero-order valence-electron chi connectivity index (χ0n) is 14.5. The highest BCUT2D eigenvalue weighted by Crippen LogP contribution is 2.18. The molecule has 0 aliphatic heterocycles. The second kappa shape index (κ2) is 9.77. The van der Waals surface area contributed by atoms with Gasteiger partial charge in [0.05, 0.1) is 14.2 Å². The van der Waals surface area contributed by atoms with E-state index in [9.17, 15) is 9.59 Å². The molecule has 2 N–H and O–H groups in total. The molecule has 0 radical (unpaired) electrons. The Morgan fingerprint density at radius 3 is 2.27 bits per heavy atom. The lowest BCUT2D eigenvalue weighted by Crippen LogP contribution is -2.44. The molecule has 0 atom stereocenters. The number of hydrogen-bond acceptors (Lipinski definition) is 6. The molecule has 138 valence electrons. The van der Waals surface area contributed by atoms with Crippen LogP contribution in [0.25, 0.3) is 0 Å². The van der Waals surface area contributed by atoms with Crippen molar-refractivity contribution in [2.24, 2.45) is 0 Å². The lowest BCUT2D eigenvalue weighted by Gasteiger charge is -2.10. The third kappa shape index (κ3) is 6.23. The Labute approximate surface area is 151 Å². The van der Waals surface area contributed by atoms with Gasteiger partial charge in [0.25, 0.3) is 5.91 Å². The van der Waals surface area contributed by atoms with Gasteiger partial charge in [-0.15, -0.1) is 0 Å². The highest BCUT2D eigenvalue weighted by Gasteiger charge is 2.07. The van der Waals surface area contributed by atoms with Gasteiger partial charge in [0.2, 0.25) is 0 Å². The SMILES string of the molecule is COc1ccc(COC(=O)NNC(=O)COc2cccc(OC)c2)cc1. The number of hydrazine groups is 1. The first-order valence-electron chi connectivity index (χ1n) is 7.72. The molecule has 0 fully saturated rings. The van der Waals surface area contributed by atoms with Crippen molar-refractivity contribution >= 4 is 12.0 Å². The molecule has 2 rings (SSSR count). The minimum absolute atomic E-state index is 0.0615. The standard InChI is InChI=1S/C18H20N2O6/c1-23-14-8-6-13(7-9-14)11-26-18(22)20-19-17(21)12-25-16-5-3-4-15(10-16)24-2/h3-10H,11-12H2,1-2H3,(H,19,21)(H,20,22). The predicted octanol–water partition coefficient (Wildman–Crippen LogP) is 2.04. The fourth-order valence-corrected chi connectivity index (χ4v) is 1.90. The lowest BCUT2D eigenvalue weighted by molar-refractivity contribution is -0.124. The molecular formula is C18H20N2O6. The fourth-order valence-electron chi connectivity index (χ4n) is 1.90. The second-order valence-electron chi connectivity index (χ2n) is 5.07. The van der Waals surface area contributed by atoms with Crippen LogP contribution in [0.2, 0.25) is 0 Å². The first-order valence-corrected chi connectivity index (χ1v) is 7.72. The number of methoxy groups -OCH3 is 2. The van der Waals surface area contributed by atoms with E-state index in [-0.39, 0.29) is 13.2 Å². The number of nitrogens with one attached hydrogen (secondary N) is 2. The number of benzene rings is 2. The van der Waals surface area contributed by atoms with Gasteiger partial charge in [0.1, 0.15) is 23.9 Å². The Kier molecular flexibility index (Phi) is 7.11. The number of ether oxygens (including phenoxy) is 4. The topological polar surface area (TPSA) is 95.1 Å². The molecule has 8 heteroatoms. The normalized spacial score (nSPS) is 9.77. The maximum absolute atomic E-state index is 11.7. The molecule has 2 aromatic rings. The predicted molar refractivity (Wildman–Crippen MR) is 92.9 cm³/mol. The first-order chi connectivity index (χ1) is 12.6. The van der Waals surface area contributed by atoms with Crippen LogP contribution in [-0.2, 0) is 16.1 Å². The molecule has 0 aliphatic carbocycles. The van der Waals surface area contributed by atoms with Gasteiger partial charge in [-0.05, 0) is 29.8 Å². The summed E-state index contributed by atoms with van der Waals surface area (Å²) < 4.78 is 20.4. The summed E-state index contributed by atoms with van der Waals surface area (Å²) in [5, 5.41) is 0. The van der Waals surface area contributed by atoms with Crippen LogP contribution >= 0.6 is 0 Å². The summed E-state index contributed by atoms with van der Waals surface area (Å²) in [7, 11) is 3.10. The molecule has 0 spiro atoms. The van der Waals surface area contributed by atoms with Crippen molar-refractivity contribution in [1.82, 2.24) is 10.9 Å². The molecule has 26 heavy (non-hydrogen) atoms. The molecular weight excluding hydrogens is 340 g/mol. The minimum Gasteiger partial charge on any atom is -0.497 e. The summed E-state index contributed by atoms with van der Waals surface area (Å²) in [5.41, 5.74) is 5.13. The Morgan fingerprint density at radius 2 is 1.58 bits per heavy atom. The van der Waals surface area contributed by atoms with E-state index in [2.05, 4.69) is 10.9 Å². The van der Waals surface area contributed by atoms with Gasteiger partial charge in [-0.3, -0.25) is 10.2 Å². The van der Waals surface area contributed by atoms with Crippen molar-refractivity contribution in [3.05, 3.63) is 54.1 Å². The summed E-state index contributed by atoms with van der Waals surface area (Å²) in [5.74, 6) is 1.26. The molecule has 2 amide bonds. The van der Waals surface area contributed by atoms with Gasteiger partial charge in [-0.2, -0.15) is 0 Å². The number of carbonyl (C=O) groups excluding carboxylic acids is 2. The first kappa shape index (κ1) is 18.9. The zero-order chi connectivity index (χ0) is 18.8. The third-order valence-electron chi connectivity index (χ3n) is 3.24. The van der Waals surface area contributed by atoms with Crippen LogP contribution in [0.3, 0.4) is 0 Å². The van der Waals surface area contributed by atoms with Crippen LogP contribution in [-0.4, -0.2) is 32.8 Å². The van der Waals surface area contributed by atoms with Gasteiger partial charge >= 0.3 is 6.09 Å². The molecule has 0 heterocycles. The zero-order valence-corrected chi connectivity index (χ0v) is 14.5. The highest BCUT2D eigenvalue weighted by atomic mass is 16.6. The maximum atomic E-state index is 11.7. The molecule has 2 aromatic carbocycles. The Morgan fingerprint density at radius 1 is 0.885 bits per heavy atom. The largest absolute Gasteiger partial charge is 0.497 e. The van der Waals surface area contributed by atoms with Gasteiger partial charge in [0, 0.05) is 6.07 Å². The number of hydrogen-bond donors (Lipinski definition) is 2. The third-order valence-corrected chi connectivity index (χ3v) is 3.24. The van der Waals surface area contributed by atoms with Crippen LogP contribution < -0.4 is 25.1 Å². The minimum atomic E-state index is -0.782. The smallest absolute Gasteiger partial charge is 0.426 e. The van der Waals surface area contributed by atoms with E-state index >= 15 is 0 Å². The second-order valence-corrected chi connectivity index (χ2v) is 5.07. The van der Waals surface area contributed by atoms with Crippen LogP contribution in [0.15, 0.2) is 48.5 Å². The summed E-state index contributed by atoms with van der Waals surface area (Å²) in [6.07, 6.45) is -0.782. The average Bonchev–Trinajstić information content (AvgIpc) is 2.69. The summed E-state index contributed by atoms with van der Waals surface area (Å²) in [6, 6.07) is 13.9. The van der Waals surface area contributed by atoms with Crippen LogP contribution in [0.5, 0.6) is 17.2 Å². The van der Waals surface area contributed by atoms with Crippen molar-refractivity contribution in [2.45, 2.75) is 6.61 Å². The fraction of sp³-hybridized carbons (Fsp3) is 0.222. The monoisotopic (exact) mass is 360 g/mol. The molecule has 0 saturated heterocycles. The van der Waals surface area contributed by atoms with Gasteiger partial charge in [-0.25, -0.2) is 10.2 Å². The number of carbonyl (C=O) groups is 2. The van der Waals surface area contributed by atoms with E-state index < -0.39 is 12.0 Å². The van der Waals surface area contributed by atoms with E-state index in [1.54, 1.807) is 55.6 Å². The summed E-state index contributed by atoms with van der Waals surface area (Å²) in [4.78, 5) is 23.2. The number of rotatable bonds is 7. The van der Waals surface area contributed by atoms with E-state index in [0.717, 1.165) is 5.56 Å². The van der Waals surface area contributed by atoms with Crippen LogP contribution in [0.1, 0.15) is 5.56 Å². The molecule has 0 aliphatic rings. The van der Waals surface area contributed by atoms with E-state index in [1.165, 1.54) is 7.11 Å². The van der Waals surface area contributed by atoms with Gasteiger partial charge in [0.15, 0.2) is 6.61 Å². The van der Waals surface area contributed by atoms with Crippen LogP contribution in [0, 0.1) is 0 Å². The highest BCUT2D eigenvalue weighted by molar-refractivity contribution is 5.80. The molecule has 0 unspecified atom stereocenters. The van der Waals surface area contributed by atoms with Crippen molar-refractivity contribution in [2.75, 3.05) is 20.8 Å². The maximum Gasteiger partial charge on any atom is 0.426 e. The van der Waals surface area contributed by atoms with Crippen molar-refractivity contribution in [1.29, 1.82) is 0 Å². The Hall–Kier alpha value is -3.42. The molecule has 0 bridgehead atoms. The van der Waals surface area contributed by atoms with Gasteiger partial charge in [-0.1, -0.05) is 18.2 Å². The quantitative estimate of drug-likeness (QED) is 0.734. The Balaban J connectivity index is 1.66. The van der Waals surface area contributed by atoms with Crippen molar-refractivity contribution in [3.63, 3.8) is 0 Å². The van der Waals surface area contributed by atoms with E-state index in [1.807, 2.05) is 0 Å². The van der Waals surface area contributed by atoms with Crippen LogP contribution in [0.4, 0.5) is 4.79 Å². The molecule has 0 aromatic heterocycles.